The molecule has 0 fully saturated rings. The van der Waals surface area contributed by atoms with Crippen LogP contribution in [0.15, 0.2) is 78.9 Å². The number of carbonyl (C=O) groups is 1. The second kappa shape index (κ2) is 13.7. The number of rotatable bonds is 10. The Labute approximate surface area is 245 Å². The summed E-state index contributed by atoms with van der Waals surface area (Å²) in [5, 5.41) is 19.9. The number of aliphatic hydroxyl groups excluding tert-OH is 2. The van der Waals surface area contributed by atoms with Gasteiger partial charge in [-0.25, -0.2) is 4.98 Å². The van der Waals surface area contributed by atoms with E-state index in [2.05, 4.69) is 18.0 Å². The number of pyridine rings is 1. The van der Waals surface area contributed by atoms with Crippen molar-refractivity contribution < 1.29 is 38.5 Å². The summed E-state index contributed by atoms with van der Waals surface area (Å²) in [7, 11) is 0.587. The van der Waals surface area contributed by atoms with E-state index >= 15 is 0 Å². The Morgan fingerprint density at radius 2 is 1.67 bits per heavy atom. The van der Waals surface area contributed by atoms with Gasteiger partial charge in [0, 0.05) is 43.2 Å². The third-order valence-electron chi connectivity index (χ3n) is 6.57. The molecule has 1 aliphatic heterocycles. The van der Waals surface area contributed by atoms with Gasteiger partial charge in [-0.05, 0) is 55.7 Å². The van der Waals surface area contributed by atoms with Crippen molar-refractivity contribution in [3.05, 3.63) is 95.7 Å². The van der Waals surface area contributed by atoms with Gasteiger partial charge in [0.1, 0.15) is 18.5 Å². The number of hydrogen-bond acceptors (Lipinski definition) is 10. The molecule has 0 bridgehead atoms. The molecule has 3 aromatic rings. The van der Waals surface area contributed by atoms with Crippen molar-refractivity contribution in [3.63, 3.8) is 0 Å². The van der Waals surface area contributed by atoms with Crippen LogP contribution in [0.3, 0.4) is 0 Å². The summed E-state index contributed by atoms with van der Waals surface area (Å²) in [5.74, 6) is 0.156. The van der Waals surface area contributed by atoms with Crippen molar-refractivity contribution in [2.45, 2.75) is 46.8 Å². The first kappa shape index (κ1) is 30.2. The molecule has 2 N–H and O–H groups in total. The minimum atomic E-state index is -1.03. The molecular formula is C31H35BN2O8. The van der Waals surface area contributed by atoms with Gasteiger partial charge in [-0.1, -0.05) is 30.3 Å². The topological polar surface area (TPSA) is 120 Å². The summed E-state index contributed by atoms with van der Waals surface area (Å²) < 4.78 is 27.8. The van der Waals surface area contributed by atoms with Gasteiger partial charge in [0.05, 0.1) is 19.0 Å². The van der Waals surface area contributed by atoms with Crippen molar-refractivity contribution in [2.24, 2.45) is 0 Å². The van der Waals surface area contributed by atoms with Gasteiger partial charge in [-0.2, -0.15) is 0 Å². The standard InChI is InChI=1S/C31H35BN2O8/c1-20(40-23(4)35)15-16-38-29-14-13-28(22(3)33-29)27-8-6-7-24(21(27)2)19-39-26-11-9-25(10-12-26)32-41-30(36)17-34(5)18-31(37)42-32/h6-14,17-18,20,36-37H,15-16,19H2,1-5H3/b30-17-,31-18-/t20-/m1/s1. The molecule has 1 aromatic heterocycles. The lowest BCUT2D eigenvalue weighted by Gasteiger charge is -2.20. The summed E-state index contributed by atoms with van der Waals surface area (Å²) in [6.45, 7) is 7.97. The first-order valence-corrected chi connectivity index (χ1v) is 13.5. The van der Waals surface area contributed by atoms with E-state index < -0.39 is 7.12 Å². The lowest BCUT2D eigenvalue weighted by molar-refractivity contribution is -0.145. The number of hydrogen-bond donors (Lipinski definition) is 2. The number of ether oxygens (including phenoxy) is 3. The van der Waals surface area contributed by atoms with Crippen molar-refractivity contribution in [2.75, 3.05) is 13.7 Å². The predicted octanol–water partition coefficient (Wildman–Crippen LogP) is 5.05. The Kier molecular flexibility index (Phi) is 9.85. The Bertz CT molecular complexity index is 1440. The predicted molar refractivity (Wildman–Crippen MR) is 158 cm³/mol. The molecule has 2 heterocycles. The van der Waals surface area contributed by atoms with Crippen LogP contribution in [-0.4, -0.2) is 52.9 Å². The highest BCUT2D eigenvalue weighted by atomic mass is 16.7. The van der Waals surface area contributed by atoms with Gasteiger partial charge in [-0.15, -0.1) is 0 Å². The second-order valence-electron chi connectivity index (χ2n) is 9.95. The summed E-state index contributed by atoms with van der Waals surface area (Å²) >= 11 is 0. The van der Waals surface area contributed by atoms with E-state index in [0.29, 0.717) is 36.7 Å². The summed E-state index contributed by atoms with van der Waals surface area (Å²) in [4.78, 5) is 17.1. The van der Waals surface area contributed by atoms with Crippen molar-refractivity contribution in [1.29, 1.82) is 0 Å². The molecule has 0 radical (unpaired) electrons. The molecule has 4 rings (SSSR count). The Balaban J connectivity index is 1.39. The van der Waals surface area contributed by atoms with Crippen molar-refractivity contribution in [3.8, 4) is 22.8 Å². The number of benzene rings is 2. The van der Waals surface area contributed by atoms with E-state index in [1.54, 1.807) is 31.3 Å². The molecule has 2 aromatic carbocycles. The highest BCUT2D eigenvalue weighted by molar-refractivity contribution is 6.61. The first-order valence-electron chi connectivity index (χ1n) is 13.5. The number of nitrogens with zero attached hydrogens (tertiary/aromatic N) is 2. The molecule has 1 atom stereocenters. The molecule has 220 valence electrons. The van der Waals surface area contributed by atoms with Gasteiger partial charge in [0.2, 0.25) is 5.88 Å². The van der Waals surface area contributed by atoms with E-state index in [1.807, 2.05) is 38.1 Å². The zero-order chi connectivity index (χ0) is 30.2. The fourth-order valence-corrected chi connectivity index (χ4v) is 4.41. The van der Waals surface area contributed by atoms with E-state index in [4.69, 9.17) is 23.5 Å². The van der Waals surface area contributed by atoms with Crippen LogP contribution >= 0.6 is 0 Å². The molecular weight excluding hydrogens is 539 g/mol. The minimum Gasteiger partial charge on any atom is -0.494 e. The molecule has 0 spiro atoms. The second-order valence-corrected chi connectivity index (χ2v) is 9.95. The number of esters is 1. The van der Waals surface area contributed by atoms with Gasteiger partial charge in [0.15, 0.2) is 0 Å². The smallest absolute Gasteiger partial charge is 0.494 e. The van der Waals surface area contributed by atoms with E-state index in [-0.39, 0.29) is 24.0 Å². The lowest BCUT2D eigenvalue weighted by Crippen LogP contribution is -2.37. The van der Waals surface area contributed by atoms with Crippen LogP contribution in [0.25, 0.3) is 11.1 Å². The van der Waals surface area contributed by atoms with Crippen LogP contribution in [0.4, 0.5) is 0 Å². The average molecular weight is 574 g/mol. The average Bonchev–Trinajstić information content (AvgIpc) is 2.91. The third kappa shape index (κ3) is 8.12. The summed E-state index contributed by atoms with van der Waals surface area (Å²) in [6, 6.07) is 16.9. The molecule has 11 heteroatoms. The zero-order valence-electron chi connectivity index (χ0n) is 24.4. The zero-order valence-corrected chi connectivity index (χ0v) is 24.4. The Hall–Kier alpha value is -4.80. The number of aromatic nitrogens is 1. The van der Waals surface area contributed by atoms with Gasteiger partial charge < -0.3 is 38.6 Å². The first-order chi connectivity index (χ1) is 20.1. The largest absolute Gasteiger partial charge is 0.636 e. The fraction of sp³-hybridized carbons (Fsp3) is 0.290. The molecule has 0 saturated carbocycles. The van der Waals surface area contributed by atoms with E-state index in [9.17, 15) is 15.0 Å². The normalized spacial score (nSPS) is 16.4. The van der Waals surface area contributed by atoms with Crippen LogP contribution in [0.5, 0.6) is 11.6 Å². The fourth-order valence-electron chi connectivity index (χ4n) is 4.41. The molecule has 1 aliphatic rings. The van der Waals surface area contributed by atoms with Crippen LogP contribution in [0.2, 0.25) is 0 Å². The van der Waals surface area contributed by atoms with Gasteiger partial charge >= 0.3 is 13.1 Å². The quantitative estimate of drug-likeness (QED) is 0.251. The third-order valence-corrected chi connectivity index (χ3v) is 6.57. The monoisotopic (exact) mass is 574 g/mol. The number of aliphatic hydroxyl groups is 2. The molecule has 0 amide bonds. The van der Waals surface area contributed by atoms with Gasteiger partial charge in [0.25, 0.3) is 11.9 Å². The highest BCUT2D eigenvalue weighted by Gasteiger charge is 2.29. The maximum Gasteiger partial charge on any atom is 0.636 e. The van der Waals surface area contributed by atoms with Crippen molar-refractivity contribution >= 4 is 18.6 Å². The maximum atomic E-state index is 11.1. The SMILES string of the molecule is CC(=O)O[C@H](C)CCOc1ccc(-c2cccc(COc3ccc(B4O/C(O)=C\N(C)/C=C(/O)O4)cc3)c2C)c(C)n1. The van der Waals surface area contributed by atoms with Crippen molar-refractivity contribution in [1.82, 2.24) is 9.88 Å². The van der Waals surface area contributed by atoms with Crippen LogP contribution in [-0.2, 0) is 25.4 Å². The molecule has 42 heavy (non-hydrogen) atoms. The molecule has 0 saturated heterocycles. The van der Waals surface area contributed by atoms with Crippen LogP contribution in [0.1, 0.15) is 37.1 Å². The van der Waals surface area contributed by atoms with Crippen LogP contribution in [0, 0.1) is 13.8 Å². The molecule has 0 aliphatic carbocycles. The van der Waals surface area contributed by atoms with Gasteiger partial charge in [-0.3, -0.25) is 4.79 Å². The lowest BCUT2D eigenvalue weighted by atomic mass is 9.79. The highest BCUT2D eigenvalue weighted by Crippen LogP contribution is 2.30. The summed E-state index contributed by atoms with van der Waals surface area (Å²) in [5.41, 5.74) is 5.57. The van der Waals surface area contributed by atoms with Crippen LogP contribution < -0.4 is 14.9 Å². The van der Waals surface area contributed by atoms with E-state index in [0.717, 1.165) is 27.9 Å². The van der Waals surface area contributed by atoms with E-state index in [1.165, 1.54) is 24.2 Å². The number of aryl methyl sites for hydroxylation is 1. The Morgan fingerprint density at radius 1 is 0.976 bits per heavy atom. The molecule has 10 nitrogen and oxygen atoms in total. The minimum absolute atomic E-state index is 0.219. The number of carbonyl (C=O) groups excluding carboxylic acids is 1. The molecule has 0 unspecified atom stereocenters. The maximum absolute atomic E-state index is 11.1. The summed E-state index contributed by atoms with van der Waals surface area (Å²) in [6.07, 6.45) is 2.99. The Morgan fingerprint density at radius 3 is 2.31 bits per heavy atom.